The normalized spacial score (nSPS) is 26.5. The Bertz CT molecular complexity index is 438. The van der Waals surface area contributed by atoms with Gasteiger partial charge in [0.05, 0.1) is 5.92 Å². The average molecular weight is 300 g/mol. The van der Waals surface area contributed by atoms with Gasteiger partial charge in [-0.2, -0.15) is 0 Å². The summed E-state index contributed by atoms with van der Waals surface area (Å²) >= 11 is 23.5. The summed E-state index contributed by atoms with van der Waals surface area (Å²) in [7, 11) is 0. The summed E-state index contributed by atoms with van der Waals surface area (Å²) in [5, 5.41) is 9.79. The van der Waals surface area contributed by atoms with E-state index in [9.17, 15) is 4.79 Å². The van der Waals surface area contributed by atoms with Gasteiger partial charge in [-0.25, -0.2) is 0 Å². The van der Waals surface area contributed by atoms with Gasteiger partial charge in [-0.15, -0.1) is 0 Å². The van der Waals surface area contributed by atoms with Crippen molar-refractivity contribution in [3.05, 3.63) is 33.8 Å². The molecule has 0 unspecified atom stereocenters. The Kier molecular flexibility index (Phi) is 3.04. The fourth-order valence-corrected chi connectivity index (χ4v) is 3.16. The molecule has 1 aliphatic rings. The number of hydrogen-bond donors (Lipinski definition) is 1. The summed E-state index contributed by atoms with van der Waals surface area (Å²) in [6.07, 6.45) is 0. The van der Waals surface area contributed by atoms with Crippen molar-refractivity contribution in [2.45, 2.75) is 10.3 Å². The van der Waals surface area contributed by atoms with Crippen molar-refractivity contribution in [1.29, 1.82) is 0 Å². The van der Waals surface area contributed by atoms with Crippen LogP contribution in [0.2, 0.25) is 10.0 Å². The lowest BCUT2D eigenvalue weighted by atomic mass is 10.1. The number of rotatable bonds is 2. The molecule has 1 saturated carbocycles. The third-order valence-corrected chi connectivity index (χ3v) is 3.94. The second-order valence-corrected chi connectivity index (χ2v) is 5.99. The molecule has 2 rings (SSSR count). The van der Waals surface area contributed by atoms with E-state index in [0.29, 0.717) is 15.6 Å². The molecule has 0 aliphatic heterocycles. The molecule has 0 heterocycles. The Morgan fingerprint density at radius 3 is 2.06 bits per heavy atom. The highest BCUT2D eigenvalue weighted by Gasteiger charge is 2.68. The van der Waals surface area contributed by atoms with E-state index in [1.54, 1.807) is 18.2 Å². The maximum absolute atomic E-state index is 10.9. The molecule has 0 radical (unpaired) electrons. The molecule has 1 aromatic rings. The van der Waals surface area contributed by atoms with Crippen molar-refractivity contribution in [2.75, 3.05) is 0 Å². The molecule has 2 atom stereocenters. The van der Waals surface area contributed by atoms with Gasteiger partial charge in [-0.1, -0.05) is 46.4 Å². The largest absolute Gasteiger partial charge is 0.481 e. The second-order valence-electron chi connectivity index (χ2n) is 3.67. The maximum atomic E-state index is 10.9. The predicted octanol–water partition coefficient (Wildman–Crippen LogP) is 3.97. The summed E-state index contributed by atoms with van der Waals surface area (Å²) in [6, 6.07) is 4.82. The quantitative estimate of drug-likeness (QED) is 0.839. The van der Waals surface area contributed by atoms with Crippen LogP contribution in [-0.2, 0) is 4.79 Å². The van der Waals surface area contributed by atoms with Crippen LogP contribution in [0.5, 0.6) is 0 Å². The van der Waals surface area contributed by atoms with Crippen LogP contribution < -0.4 is 0 Å². The van der Waals surface area contributed by atoms with Gasteiger partial charge in [0.1, 0.15) is 4.33 Å². The van der Waals surface area contributed by atoms with Crippen LogP contribution in [0.4, 0.5) is 0 Å². The van der Waals surface area contributed by atoms with Gasteiger partial charge >= 0.3 is 5.97 Å². The summed E-state index contributed by atoms with van der Waals surface area (Å²) < 4.78 is -1.28. The molecule has 1 fully saturated rings. The molecule has 0 saturated heterocycles. The Morgan fingerprint density at radius 2 is 1.69 bits per heavy atom. The van der Waals surface area contributed by atoms with Crippen molar-refractivity contribution in [2.24, 2.45) is 5.92 Å². The molecule has 0 bridgehead atoms. The first-order chi connectivity index (χ1) is 7.34. The molecule has 2 nitrogen and oxygen atoms in total. The third kappa shape index (κ3) is 2.00. The van der Waals surface area contributed by atoms with Crippen LogP contribution in [0.25, 0.3) is 0 Å². The van der Waals surface area contributed by atoms with Gasteiger partial charge in [-0.3, -0.25) is 4.79 Å². The molecule has 1 aromatic carbocycles. The van der Waals surface area contributed by atoms with Gasteiger partial charge in [0.2, 0.25) is 0 Å². The lowest BCUT2D eigenvalue weighted by molar-refractivity contribution is -0.138. The second kappa shape index (κ2) is 3.95. The van der Waals surface area contributed by atoms with Crippen molar-refractivity contribution in [3.8, 4) is 0 Å². The topological polar surface area (TPSA) is 37.3 Å². The zero-order valence-corrected chi connectivity index (χ0v) is 10.8. The van der Waals surface area contributed by atoms with E-state index in [2.05, 4.69) is 0 Å². The van der Waals surface area contributed by atoms with Crippen LogP contribution in [0, 0.1) is 5.92 Å². The number of carboxylic acids is 1. The van der Waals surface area contributed by atoms with Crippen LogP contribution in [0.3, 0.4) is 0 Å². The molecular formula is C10H6Cl4O2. The van der Waals surface area contributed by atoms with E-state index in [1.165, 1.54) is 0 Å². The Balaban J connectivity index is 2.37. The van der Waals surface area contributed by atoms with Gasteiger partial charge < -0.3 is 5.11 Å². The highest BCUT2D eigenvalue weighted by Crippen LogP contribution is 2.65. The van der Waals surface area contributed by atoms with Crippen LogP contribution in [0.15, 0.2) is 18.2 Å². The zero-order valence-electron chi connectivity index (χ0n) is 7.75. The molecule has 16 heavy (non-hydrogen) atoms. The van der Waals surface area contributed by atoms with Gasteiger partial charge in [0.15, 0.2) is 0 Å². The Labute approximate surface area is 112 Å². The van der Waals surface area contributed by atoms with Crippen LogP contribution >= 0.6 is 46.4 Å². The lowest BCUT2D eigenvalue weighted by Gasteiger charge is -2.02. The van der Waals surface area contributed by atoms with Gasteiger partial charge in [-0.05, 0) is 23.8 Å². The predicted molar refractivity (Wildman–Crippen MR) is 64.8 cm³/mol. The van der Waals surface area contributed by atoms with E-state index in [4.69, 9.17) is 51.5 Å². The minimum atomic E-state index is -1.28. The van der Waals surface area contributed by atoms with Crippen molar-refractivity contribution < 1.29 is 9.90 Å². The molecule has 1 aliphatic carbocycles. The van der Waals surface area contributed by atoms with Gasteiger partial charge in [0.25, 0.3) is 0 Å². The van der Waals surface area contributed by atoms with E-state index >= 15 is 0 Å². The Hall–Kier alpha value is -0.150. The highest BCUT2D eigenvalue weighted by molar-refractivity contribution is 6.53. The third-order valence-electron chi connectivity index (χ3n) is 2.56. The van der Waals surface area contributed by atoms with E-state index in [-0.39, 0.29) is 0 Å². The summed E-state index contributed by atoms with van der Waals surface area (Å²) in [6.45, 7) is 0. The molecule has 86 valence electrons. The number of benzene rings is 1. The fraction of sp³-hybridized carbons (Fsp3) is 0.300. The first-order valence-electron chi connectivity index (χ1n) is 4.40. The van der Waals surface area contributed by atoms with E-state index < -0.39 is 22.1 Å². The fourth-order valence-electron chi connectivity index (χ4n) is 1.80. The molecule has 0 aromatic heterocycles. The van der Waals surface area contributed by atoms with Crippen LogP contribution in [0.1, 0.15) is 11.5 Å². The first kappa shape index (κ1) is 12.3. The average Bonchev–Trinajstić information content (AvgIpc) is 2.67. The Morgan fingerprint density at radius 1 is 1.19 bits per heavy atom. The minimum absolute atomic E-state index is 0.433. The lowest BCUT2D eigenvalue weighted by Crippen LogP contribution is -2.03. The summed E-state index contributed by atoms with van der Waals surface area (Å²) in [4.78, 5) is 10.9. The molecular weight excluding hydrogens is 294 g/mol. The summed E-state index contributed by atoms with van der Waals surface area (Å²) in [5.41, 5.74) is 0.648. The standard InChI is InChI=1S/C10H6Cl4O2/c11-5-1-4(2-6(12)3-5)7-8(9(15)16)10(7,13)14/h1-3,7-8H,(H,15,16)/t7-,8-/m0/s1. The highest BCUT2D eigenvalue weighted by atomic mass is 35.5. The smallest absolute Gasteiger partial charge is 0.310 e. The van der Waals surface area contributed by atoms with E-state index in [1.807, 2.05) is 0 Å². The number of carboxylic acid groups (broad SMARTS) is 1. The number of alkyl halides is 2. The maximum Gasteiger partial charge on any atom is 0.310 e. The monoisotopic (exact) mass is 298 g/mol. The number of halogens is 4. The molecule has 6 heteroatoms. The SMILES string of the molecule is O=C(O)[C@@H]1[C@H](c2cc(Cl)cc(Cl)c2)C1(Cl)Cl. The molecule has 0 amide bonds. The van der Waals surface area contributed by atoms with E-state index in [0.717, 1.165) is 0 Å². The minimum Gasteiger partial charge on any atom is -0.481 e. The van der Waals surface area contributed by atoms with Crippen LogP contribution in [-0.4, -0.2) is 15.4 Å². The number of hydrogen-bond acceptors (Lipinski definition) is 1. The molecule has 1 N–H and O–H groups in total. The van der Waals surface area contributed by atoms with Gasteiger partial charge in [0, 0.05) is 16.0 Å². The summed E-state index contributed by atoms with van der Waals surface area (Å²) in [5.74, 6) is -2.30. The van der Waals surface area contributed by atoms with Crippen molar-refractivity contribution >= 4 is 52.4 Å². The first-order valence-corrected chi connectivity index (χ1v) is 5.92. The number of aliphatic carboxylic acids is 1. The van der Waals surface area contributed by atoms with Crippen molar-refractivity contribution in [3.63, 3.8) is 0 Å². The zero-order chi connectivity index (χ0) is 12.1. The molecule has 0 spiro atoms. The number of carbonyl (C=O) groups is 1. The van der Waals surface area contributed by atoms with Crippen molar-refractivity contribution in [1.82, 2.24) is 0 Å².